The summed E-state index contributed by atoms with van der Waals surface area (Å²) in [6.07, 6.45) is 11.3. The van der Waals surface area contributed by atoms with E-state index in [-0.39, 0.29) is 0 Å². The Bertz CT molecular complexity index is 271. The molecule has 3 aliphatic rings. The molecular weight excluding hydrogens is 234 g/mol. The van der Waals surface area contributed by atoms with Gasteiger partial charge in [-0.1, -0.05) is 6.42 Å². The summed E-state index contributed by atoms with van der Waals surface area (Å²) in [5, 5.41) is 3.74. The maximum absolute atomic E-state index is 3.74. The zero-order chi connectivity index (χ0) is 13.1. The molecule has 2 unspecified atom stereocenters. The Balaban J connectivity index is 1.56. The highest BCUT2D eigenvalue weighted by molar-refractivity contribution is 4.92. The molecule has 19 heavy (non-hydrogen) atoms. The Morgan fingerprint density at radius 3 is 2.53 bits per heavy atom. The fourth-order valence-corrected chi connectivity index (χ4v) is 3.89. The van der Waals surface area contributed by atoms with Crippen LogP contribution in [0.25, 0.3) is 0 Å². The largest absolute Gasteiger partial charge is 0.313 e. The summed E-state index contributed by atoms with van der Waals surface area (Å²) in [4.78, 5) is 5.41. The van der Waals surface area contributed by atoms with Gasteiger partial charge in [-0.3, -0.25) is 4.90 Å². The number of nitrogens with zero attached hydrogens (tertiary/aromatic N) is 2. The highest BCUT2D eigenvalue weighted by Crippen LogP contribution is 2.32. The molecule has 0 aromatic carbocycles. The smallest absolute Gasteiger partial charge is 0.0195 e. The molecule has 1 aliphatic carbocycles. The molecule has 0 radical (unpaired) electrons. The third-order valence-corrected chi connectivity index (χ3v) is 5.25. The van der Waals surface area contributed by atoms with Gasteiger partial charge in [0.1, 0.15) is 0 Å². The minimum atomic E-state index is 0.773. The molecule has 2 saturated heterocycles. The van der Waals surface area contributed by atoms with E-state index in [2.05, 4.69) is 22.2 Å². The van der Waals surface area contributed by atoms with E-state index in [0.29, 0.717) is 0 Å². The maximum Gasteiger partial charge on any atom is 0.0195 e. The van der Waals surface area contributed by atoms with E-state index < -0.39 is 0 Å². The molecule has 2 atom stereocenters. The number of nitrogens with one attached hydrogen (secondary N) is 1. The number of likely N-dealkylation sites (tertiary alicyclic amines) is 1. The molecule has 3 heteroatoms. The molecular formula is C16H31N3. The first-order chi connectivity index (χ1) is 9.33. The lowest BCUT2D eigenvalue weighted by Gasteiger charge is -2.36. The Morgan fingerprint density at radius 2 is 1.79 bits per heavy atom. The molecule has 0 bridgehead atoms. The molecule has 110 valence electrons. The molecule has 1 saturated carbocycles. The number of hydrogen-bond donors (Lipinski definition) is 1. The van der Waals surface area contributed by atoms with Crippen molar-refractivity contribution in [1.29, 1.82) is 0 Å². The van der Waals surface area contributed by atoms with Crippen molar-refractivity contribution in [1.82, 2.24) is 15.1 Å². The van der Waals surface area contributed by atoms with E-state index in [4.69, 9.17) is 0 Å². The average molecular weight is 265 g/mol. The van der Waals surface area contributed by atoms with Crippen molar-refractivity contribution in [3.63, 3.8) is 0 Å². The zero-order valence-corrected chi connectivity index (χ0v) is 12.6. The van der Waals surface area contributed by atoms with E-state index >= 15 is 0 Å². The van der Waals surface area contributed by atoms with E-state index in [1.807, 2.05) is 0 Å². The summed E-state index contributed by atoms with van der Waals surface area (Å²) in [6.45, 7) is 5.16. The first kappa shape index (κ1) is 13.8. The van der Waals surface area contributed by atoms with Crippen molar-refractivity contribution in [2.45, 2.75) is 69.5 Å². The molecule has 0 amide bonds. The van der Waals surface area contributed by atoms with Crippen LogP contribution in [0.3, 0.4) is 0 Å². The molecule has 2 heterocycles. The lowest BCUT2D eigenvalue weighted by Crippen LogP contribution is -2.48. The monoisotopic (exact) mass is 265 g/mol. The summed E-state index contributed by atoms with van der Waals surface area (Å²) in [7, 11) is 2.28. The molecule has 3 rings (SSSR count). The van der Waals surface area contributed by atoms with Crippen LogP contribution in [0.1, 0.15) is 51.4 Å². The topological polar surface area (TPSA) is 18.5 Å². The van der Waals surface area contributed by atoms with Crippen LogP contribution in [0.5, 0.6) is 0 Å². The average Bonchev–Trinajstić information content (AvgIpc) is 3.25. The van der Waals surface area contributed by atoms with Crippen molar-refractivity contribution in [3.8, 4) is 0 Å². The van der Waals surface area contributed by atoms with Gasteiger partial charge in [-0.15, -0.1) is 0 Å². The van der Waals surface area contributed by atoms with Gasteiger partial charge in [0.05, 0.1) is 0 Å². The van der Waals surface area contributed by atoms with Gasteiger partial charge in [-0.2, -0.15) is 0 Å². The van der Waals surface area contributed by atoms with E-state index in [0.717, 1.165) is 18.1 Å². The fraction of sp³-hybridized carbons (Fsp3) is 1.00. The minimum absolute atomic E-state index is 0.773. The second-order valence-corrected chi connectivity index (χ2v) is 6.96. The second-order valence-electron chi connectivity index (χ2n) is 6.96. The maximum atomic E-state index is 3.74. The van der Waals surface area contributed by atoms with Gasteiger partial charge in [-0.25, -0.2) is 0 Å². The van der Waals surface area contributed by atoms with Gasteiger partial charge in [0, 0.05) is 24.7 Å². The predicted octanol–water partition coefficient (Wildman–Crippen LogP) is 2.08. The minimum Gasteiger partial charge on any atom is -0.313 e. The lowest BCUT2D eigenvalue weighted by molar-refractivity contribution is 0.143. The molecule has 0 aromatic rings. The second kappa shape index (κ2) is 6.55. The Morgan fingerprint density at radius 1 is 0.947 bits per heavy atom. The van der Waals surface area contributed by atoms with Gasteiger partial charge < -0.3 is 10.2 Å². The first-order valence-corrected chi connectivity index (χ1v) is 8.50. The molecule has 0 aromatic heterocycles. The third-order valence-electron chi connectivity index (χ3n) is 5.25. The number of rotatable bonds is 4. The van der Waals surface area contributed by atoms with Crippen LogP contribution in [0.4, 0.5) is 0 Å². The van der Waals surface area contributed by atoms with Crippen LogP contribution < -0.4 is 5.32 Å². The van der Waals surface area contributed by atoms with Crippen LogP contribution in [0.2, 0.25) is 0 Å². The van der Waals surface area contributed by atoms with Crippen molar-refractivity contribution in [2.24, 2.45) is 0 Å². The van der Waals surface area contributed by atoms with E-state index in [1.54, 1.807) is 0 Å². The van der Waals surface area contributed by atoms with Gasteiger partial charge in [0.2, 0.25) is 0 Å². The van der Waals surface area contributed by atoms with Crippen molar-refractivity contribution in [3.05, 3.63) is 0 Å². The molecule has 1 N–H and O–H groups in total. The lowest BCUT2D eigenvalue weighted by atomic mass is 10.0. The molecule has 3 fully saturated rings. The highest BCUT2D eigenvalue weighted by Gasteiger charge is 2.35. The van der Waals surface area contributed by atoms with E-state index in [1.165, 1.54) is 77.5 Å². The number of piperidine rings is 1. The van der Waals surface area contributed by atoms with E-state index in [9.17, 15) is 0 Å². The van der Waals surface area contributed by atoms with Crippen LogP contribution in [-0.4, -0.2) is 61.2 Å². The summed E-state index contributed by atoms with van der Waals surface area (Å²) >= 11 is 0. The van der Waals surface area contributed by atoms with Crippen LogP contribution >= 0.6 is 0 Å². The summed E-state index contributed by atoms with van der Waals surface area (Å²) in [5.74, 6) is 0. The quantitative estimate of drug-likeness (QED) is 0.839. The van der Waals surface area contributed by atoms with Crippen LogP contribution in [0, 0.1) is 0 Å². The Kier molecular flexibility index (Phi) is 4.78. The van der Waals surface area contributed by atoms with Crippen molar-refractivity contribution in [2.75, 3.05) is 33.2 Å². The molecule has 3 nitrogen and oxygen atoms in total. The highest BCUT2D eigenvalue weighted by atomic mass is 15.2. The summed E-state index contributed by atoms with van der Waals surface area (Å²) in [5.41, 5.74) is 0. The van der Waals surface area contributed by atoms with Crippen LogP contribution in [-0.2, 0) is 0 Å². The van der Waals surface area contributed by atoms with Crippen molar-refractivity contribution < 1.29 is 0 Å². The van der Waals surface area contributed by atoms with Gasteiger partial charge in [-0.05, 0) is 71.6 Å². The summed E-state index contributed by atoms with van der Waals surface area (Å²) < 4.78 is 0. The van der Waals surface area contributed by atoms with Gasteiger partial charge >= 0.3 is 0 Å². The van der Waals surface area contributed by atoms with Gasteiger partial charge in [0.15, 0.2) is 0 Å². The predicted molar refractivity (Wildman–Crippen MR) is 80.5 cm³/mol. The zero-order valence-electron chi connectivity index (χ0n) is 12.6. The molecule has 0 spiro atoms. The van der Waals surface area contributed by atoms with Crippen LogP contribution in [0.15, 0.2) is 0 Å². The fourth-order valence-electron chi connectivity index (χ4n) is 3.89. The normalized spacial score (nSPS) is 34.4. The Hall–Kier alpha value is -0.120. The summed E-state index contributed by atoms with van der Waals surface area (Å²) in [6, 6.07) is 2.56. The molecule has 2 aliphatic heterocycles. The van der Waals surface area contributed by atoms with Gasteiger partial charge in [0.25, 0.3) is 0 Å². The number of hydrogen-bond acceptors (Lipinski definition) is 3. The third kappa shape index (κ3) is 3.93. The SMILES string of the molecule is CN1CCCC(N(CC2CCCCN2)C2CC2)CC1. The first-order valence-electron chi connectivity index (χ1n) is 8.50. The van der Waals surface area contributed by atoms with Crippen molar-refractivity contribution >= 4 is 0 Å². The Labute approximate surface area is 118 Å². The standard InChI is InChI=1S/C16H31N3/c1-18-11-4-6-15(9-12-18)19(16-7-8-16)13-14-5-2-3-10-17-14/h14-17H,2-13H2,1H3.